The molecule has 3 aromatic carbocycles. The Morgan fingerprint density at radius 2 is 1.53 bits per heavy atom. The number of rotatable bonds is 4. The number of benzene rings is 3. The van der Waals surface area contributed by atoms with Crippen LogP contribution in [-0.4, -0.2) is 70.6 Å². The molecule has 7 rings (SSSR count). The van der Waals surface area contributed by atoms with Crippen molar-refractivity contribution in [3.05, 3.63) is 87.0 Å². The molecule has 0 aliphatic heterocycles. The lowest BCUT2D eigenvalue weighted by molar-refractivity contribution is -0.172. The third-order valence-electron chi connectivity index (χ3n) is 8.81. The highest BCUT2D eigenvalue weighted by atomic mass is 16.5. The second-order valence-electron chi connectivity index (χ2n) is 11.4. The maximum Gasteiger partial charge on any atom is 0.340 e. The van der Waals surface area contributed by atoms with Gasteiger partial charge < -0.3 is 40.5 Å². The molecule has 0 saturated carbocycles. The number of fused-ring (bicyclic) bond motifs is 1. The minimum atomic E-state index is -2.97. The minimum Gasteiger partial charge on any atom is -0.507 e. The number of esters is 1. The summed E-state index contributed by atoms with van der Waals surface area (Å²) < 4.78 is 5.64. The van der Waals surface area contributed by atoms with E-state index in [-0.39, 0.29) is 16.7 Å². The van der Waals surface area contributed by atoms with Crippen LogP contribution >= 0.6 is 0 Å². The van der Waals surface area contributed by atoms with E-state index in [2.05, 4.69) is 0 Å². The summed E-state index contributed by atoms with van der Waals surface area (Å²) in [6.45, 7) is 2.67. The van der Waals surface area contributed by atoms with Gasteiger partial charge >= 0.3 is 11.9 Å². The second-order valence-corrected chi connectivity index (χ2v) is 11.4. The monoisotopic (exact) mass is 616 g/mol. The van der Waals surface area contributed by atoms with Gasteiger partial charge in [-0.15, -0.1) is 0 Å². The number of phenols is 5. The Morgan fingerprint density at radius 3 is 2.16 bits per heavy atom. The SMILES string of the molecule is CC(=O)OC1c2cc(C)cc(O)c2C(=O)C2(O)C(=O)C3C=CC12Cc1cc(O)c(C(=O)c2c(O)ccc(O)c2C(=O)O)c(O)c13. The van der Waals surface area contributed by atoms with E-state index in [0.29, 0.717) is 5.56 Å². The van der Waals surface area contributed by atoms with Gasteiger partial charge in [0.05, 0.1) is 22.5 Å². The van der Waals surface area contributed by atoms with Gasteiger partial charge in [-0.3, -0.25) is 19.2 Å². The zero-order valence-corrected chi connectivity index (χ0v) is 23.5. The molecule has 13 nitrogen and oxygen atoms in total. The third-order valence-corrected chi connectivity index (χ3v) is 8.81. The molecule has 1 spiro atoms. The van der Waals surface area contributed by atoms with Crippen LogP contribution in [0.4, 0.5) is 0 Å². The first kappa shape index (κ1) is 29.4. The first-order chi connectivity index (χ1) is 21.1. The molecule has 0 radical (unpaired) electrons. The molecule has 0 amide bonds. The van der Waals surface area contributed by atoms with Gasteiger partial charge in [0.15, 0.2) is 11.4 Å². The number of ether oxygens (including phenoxy) is 1. The van der Waals surface area contributed by atoms with E-state index in [1.807, 2.05) is 0 Å². The molecule has 7 N–H and O–H groups in total. The lowest BCUT2D eigenvalue weighted by Crippen LogP contribution is -2.66. The molecule has 2 bridgehead atoms. The lowest BCUT2D eigenvalue weighted by Gasteiger charge is -2.52. The van der Waals surface area contributed by atoms with Gasteiger partial charge in [-0.05, 0) is 48.7 Å². The van der Waals surface area contributed by atoms with E-state index in [1.165, 1.54) is 24.3 Å². The number of hydrogen-bond acceptors (Lipinski definition) is 12. The molecule has 4 atom stereocenters. The smallest absolute Gasteiger partial charge is 0.340 e. The maximum atomic E-state index is 14.2. The second kappa shape index (κ2) is 9.40. The predicted molar refractivity (Wildman–Crippen MR) is 150 cm³/mol. The number of aromatic carboxylic acids is 1. The zero-order valence-electron chi connectivity index (χ0n) is 23.5. The van der Waals surface area contributed by atoms with Crippen LogP contribution in [0, 0.1) is 12.3 Å². The van der Waals surface area contributed by atoms with Crippen LogP contribution in [-0.2, 0) is 20.7 Å². The van der Waals surface area contributed by atoms with Gasteiger partial charge in [0.1, 0.15) is 46.0 Å². The summed E-state index contributed by atoms with van der Waals surface area (Å²) in [7, 11) is 0. The number of carbonyl (C=O) groups is 5. The number of aromatic hydroxyl groups is 5. The van der Waals surface area contributed by atoms with Crippen molar-refractivity contribution in [1.82, 2.24) is 0 Å². The number of carbonyl (C=O) groups excluding carboxylic acids is 4. The molecule has 4 aliphatic rings. The summed E-state index contributed by atoms with van der Waals surface area (Å²) in [6.07, 6.45) is 0.502. The minimum absolute atomic E-state index is 0.0116. The van der Waals surface area contributed by atoms with E-state index in [1.54, 1.807) is 6.92 Å². The molecule has 230 valence electrons. The Kier molecular flexibility index (Phi) is 6.14. The largest absolute Gasteiger partial charge is 0.507 e. The quantitative estimate of drug-likeness (QED) is 0.0734. The fraction of sp³-hybridized carbons (Fsp3) is 0.219. The van der Waals surface area contributed by atoms with E-state index < -0.39 is 110 Å². The topological polar surface area (TPSA) is 236 Å². The molecule has 0 aromatic heterocycles. The number of carboxylic acid groups (broad SMARTS) is 1. The van der Waals surface area contributed by atoms with Crippen molar-refractivity contribution in [2.75, 3.05) is 0 Å². The van der Waals surface area contributed by atoms with Crippen molar-refractivity contribution >= 4 is 29.3 Å². The molecule has 4 unspecified atom stereocenters. The number of aliphatic hydroxyl groups is 1. The molecule has 45 heavy (non-hydrogen) atoms. The Morgan fingerprint density at radius 1 is 0.889 bits per heavy atom. The number of carboxylic acids is 1. The summed E-state index contributed by atoms with van der Waals surface area (Å²) >= 11 is 0. The van der Waals surface area contributed by atoms with Gasteiger partial charge in [-0.2, -0.15) is 0 Å². The number of ketones is 3. The van der Waals surface area contributed by atoms with Gasteiger partial charge in [0, 0.05) is 18.1 Å². The van der Waals surface area contributed by atoms with Crippen molar-refractivity contribution in [2.45, 2.75) is 37.9 Å². The average Bonchev–Trinajstić information content (AvgIpc) is 3.16. The van der Waals surface area contributed by atoms with E-state index >= 15 is 0 Å². The predicted octanol–water partition coefficient (Wildman–Crippen LogP) is 2.45. The fourth-order valence-corrected chi connectivity index (χ4v) is 6.99. The summed E-state index contributed by atoms with van der Waals surface area (Å²) in [4.78, 5) is 66.2. The van der Waals surface area contributed by atoms with E-state index in [4.69, 9.17) is 4.74 Å². The average molecular weight is 617 g/mol. The molecule has 13 heteroatoms. The van der Waals surface area contributed by atoms with Gasteiger partial charge in [0.2, 0.25) is 11.6 Å². The number of allylic oxidation sites excluding steroid dienone is 1. The Balaban J connectivity index is 1.63. The normalized spacial score (nSPS) is 24.3. The van der Waals surface area contributed by atoms with Crippen molar-refractivity contribution in [2.24, 2.45) is 5.41 Å². The summed E-state index contributed by atoms with van der Waals surface area (Å²) in [5, 5.41) is 75.6. The highest BCUT2D eigenvalue weighted by Gasteiger charge is 2.71. The molecule has 3 aromatic rings. The molecule has 0 heterocycles. The maximum absolute atomic E-state index is 14.2. The summed E-state index contributed by atoms with van der Waals surface area (Å²) in [5.41, 5.74) is -8.28. The molecular formula is C32H24O13. The molecule has 0 fully saturated rings. The third kappa shape index (κ3) is 3.67. The molecule has 4 aliphatic carbocycles. The van der Waals surface area contributed by atoms with Crippen molar-refractivity contribution in [3.8, 4) is 28.7 Å². The Bertz CT molecular complexity index is 1970. The molecular weight excluding hydrogens is 592 g/mol. The number of aryl methyl sites for hydroxylation is 1. The van der Waals surface area contributed by atoms with Crippen molar-refractivity contribution in [3.63, 3.8) is 0 Å². The van der Waals surface area contributed by atoms with Crippen molar-refractivity contribution in [1.29, 1.82) is 0 Å². The van der Waals surface area contributed by atoms with Gasteiger partial charge in [0.25, 0.3) is 0 Å². The fourth-order valence-electron chi connectivity index (χ4n) is 6.99. The van der Waals surface area contributed by atoms with E-state index in [9.17, 15) is 59.7 Å². The van der Waals surface area contributed by atoms with Crippen LogP contribution in [0.15, 0.2) is 42.5 Å². The van der Waals surface area contributed by atoms with Crippen LogP contribution in [0.1, 0.15) is 77.8 Å². The standard InChI is InChI=1S/C32H24O13/c1-11-7-15-21(18(36)8-11)28(41)32(44)27(40)14-5-6-31(32,29(15)45-12(2)33)10-13-9-19(37)24(25(38)20(13)14)26(39)22-16(34)3-4-17(35)23(22)30(42)43/h3-9,14,29,34-38,44H,10H2,1-2H3,(H,42,43). The Labute approximate surface area is 252 Å². The van der Waals surface area contributed by atoms with Crippen LogP contribution in [0.25, 0.3) is 0 Å². The highest BCUT2D eigenvalue weighted by Crippen LogP contribution is 2.63. The van der Waals surface area contributed by atoms with Crippen LogP contribution in [0.5, 0.6) is 28.7 Å². The highest BCUT2D eigenvalue weighted by molar-refractivity contribution is 6.24. The summed E-state index contributed by atoms with van der Waals surface area (Å²) in [5.74, 6) is -12.4. The van der Waals surface area contributed by atoms with Crippen LogP contribution in [0.2, 0.25) is 0 Å². The first-order valence-corrected chi connectivity index (χ1v) is 13.5. The number of Topliss-reactive ketones (excluding diaryl/α,β-unsaturated/α-hetero) is 2. The first-order valence-electron chi connectivity index (χ1n) is 13.5. The van der Waals surface area contributed by atoms with Crippen molar-refractivity contribution < 1.29 is 64.5 Å². The van der Waals surface area contributed by atoms with Crippen LogP contribution in [0.3, 0.4) is 0 Å². The Hall–Kier alpha value is -5.69. The van der Waals surface area contributed by atoms with Crippen LogP contribution < -0.4 is 0 Å². The van der Waals surface area contributed by atoms with Gasteiger partial charge in [-0.1, -0.05) is 18.2 Å². The summed E-state index contributed by atoms with van der Waals surface area (Å²) in [6, 6.07) is 5.32. The zero-order chi connectivity index (χ0) is 32.9. The number of phenolic OH excluding ortho intramolecular Hbond substituents is 4. The number of hydrogen-bond donors (Lipinski definition) is 7. The van der Waals surface area contributed by atoms with E-state index in [0.717, 1.165) is 25.1 Å². The van der Waals surface area contributed by atoms with Gasteiger partial charge in [-0.25, -0.2) is 4.79 Å². The molecule has 0 saturated heterocycles. The lowest BCUT2D eigenvalue weighted by atomic mass is 9.53.